The van der Waals surface area contributed by atoms with Crippen LogP contribution in [0.1, 0.15) is 5.56 Å². The molecule has 0 aliphatic carbocycles. The van der Waals surface area contributed by atoms with Gasteiger partial charge in [-0.25, -0.2) is 4.98 Å². The van der Waals surface area contributed by atoms with Gasteiger partial charge in [-0.15, -0.1) is 0 Å². The Balaban J connectivity index is 2.86. The summed E-state index contributed by atoms with van der Waals surface area (Å²) >= 11 is 8.97. The standard InChI is InChI=1S/C7H8BrClN2/c8-6-3-5(1-2-10)4-11-7(6)9/h3-4H,1-2,10H2. The third-order valence-corrected chi connectivity index (χ3v) is 2.42. The summed E-state index contributed by atoms with van der Waals surface area (Å²) in [5.74, 6) is 0. The molecule has 0 atom stereocenters. The molecule has 0 aliphatic heterocycles. The molecular weight excluding hydrogens is 227 g/mol. The predicted molar refractivity (Wildman–Crippen MR) is 49.7 cm³/mol. The molecule has 0 saturated carbocycles. The number of hydrogen-bond acceptors (Lipinski definition) is 2. The molecule has 0 fully saturated rings. The minimum atomic E-state index is 0.491. The Kier molecular flexibility index (Phi) is 3.30. The monoisotopic (exact) mass is 234 g/mol. The van der Waals surface area contributed by atoms with E-state index in [2.05, 4.69) is 20.9 Å². The van der Waals surface area contributed by atoms with E-state index in [1.54, 1.807) is 6.20 Å². The van der Waals surface area contributed by atoms with Gasteiger partial charge in [0.2, 0.25) is 0 Å². The van der Waals surface area contributed by atoms with E-state index in [9.17, 15) is 0 Å². The number of rotatable bonds is 2. The second kappa shape index (κ2) is 4.04. The highest BCUT2D eigenvalue weighted by molar-refractivity contribution is 9.10. The number of hydrogen-bond donors (Lipinski definition) is 1. The summed E-state index contributed by atoms with van der Waals surface area (Å²) in [7, 11) is 0. The van der Waals surface area contributed by atoms with E-state index in [1.807, 2.05) is 6.07 Å². The Morgan fingerprint density at radius 3 is 2.91 bits per heavy atom. The minimum absolute atomic E-state index is 0.491. The molecule has 0 bridgehead atoms. The molecule has 0 aromatic carbocycles. The lowest BCUT2D eigenvalue weighted by Gasteiger charge is -1.99. The normalized spacial score (nSPS) is 10.1. The third kappa shape index (κ3) is 2.43. The lowest BCUT2D eigenvalue weighted by Crippen LogP contribution is -2.02. The van der Waals surface area contributed by atoms with Gasteiger partial charge in [-0.2, -0.15) is 0 Å². The summed E-state index contributed by atoms with van der Waals surface area (Å²) in [6.45, 7) is 0.635. The van der Waals surface area contributed by atoms with Gasteiger partial charge in [0.1, 0.15) is 5.15 Å². The molecule has 4 heteroatoms. The number of aromatic nitrogens is 1. The van der Waals surface area contributed by atoms with Crippen molar-refractivity contribution in [2.45, 2.75) is 6.42 Å². The van der Waals surface area contributed by atoms with Gasteiger partial charge in [0.05, 0.1) is 4.47 Å². The Labute approximate surface area is 78.9 Å². The quantitative estimate of drug-likeness (QED) is 0.797. The zero-order chi connectivity index (χ0) is 8.27. The molecule has 2 N–H and O–H groups in total. The second-order valence-corrected chi connectivity index (χ2v) is 3.37. The number of nitrogens with two attached hydrogens (primary N) is 1. The van der Waals surface area contributed by atoms with Crippen LogP contribution in [0.2, 0.25) is 5.15 Å². The highest BCUT2D eigenvalue weighted by atomic mass is 79.9. The van der Waals surface area contributed by atoms with Gasteiger partial charge in [-0.3, -0.25) is 0 Å². The SMILES string of the molecule is NCCc1cnc(Cl)c(Br)c1. The number of halogens is 2. The maximum Gasteiger partial charge on any atom is 0.143 e. The van der Waals surface area contributed by atoms with E-state index >= 15 is 0 Å². The van der Waals surface area contributed by atoms with Crippen molar-refractivity contribution < 1.29 is 0 Å². The van der Waals surface area contributed by atoms with Gasteiger partial charge in [-0.05, 0) is 40.5 Å². The van der Waals surface area contributed by atoms with E-state index in [4.69, 9.17) is 17.3 Å². The van der Waals surface area contributed by atoms with E-state index in [0.29, 0.717) is 11.7 Å². The maximum atomic E-state index is 5.69. The topological polar surface area (TPSA) is 38.9 Å². The Morgan fingerprint density at radius 2 is 2.36 bits per heavy atom. The van der Waals surface area contributed by atoms with Gasteiger partial charge in [0.25, 0.3) is 0 Å². The Hall–Kier alpha value is -0.120. The van der Waals surface area contributed by atoms with Gasteiger partial charge >= 0.3 is 0 Å². The molecule has 1 heterocycles. The van der Waals surface area contributed by atoms with E-state index in [0.717, 1.165) is 16.5 Å². The molecule has 0 aliphatic rings. The Bertz CT molecular complexity index is 252. The molecular formula is C7H8BrClN2. The summed E-state index contributed by atoms with van der Waals surface area (Å²) < 4.78 is 0.824. The van der Waals surface area contributed by atoms with Crippen LogP contribution in [0.15, 0.2) is 16.7 Å². The van der Waals surface area contributed by atoms with Crippen LogP contribution in [0.25, 0.3) is 0 Å². The fraction of sp³-hybridized carbons (Fsp3) is 0.286. The largest absolute Gasteiger partial charge is 0.330 e. The van der Waals surface area contributed by atoms with Gasteiger partial charge in [0.15, 0.2) is 0 Å². The van der Waals surface area contributed by atoms with Crippen molar-refractivity contribution in [3.8, 4) is 0 Å². The van der Waals surface area contributed by atoms with Crippen molar-refractivity contribution in [3.63, 3.8) is 0 Å². The molecule has 0 spiro atoms. The van der Waals surface area contributed by atoms with Gasteiger partial charge in [-0.1, -0.05) is 11.6 Å². The zero-order valence-corrected chi connectivity index (χ0v) is 8.19. The highest BCUT2D eigenvalue weighted by Crippen LogP contribution is 2.20. The fourth-order valence-electron chi connectivity index (χ4n) is 0.764. The molecule has 0 amide bonds. The first-order valence-corrected chi connectivity index (χ1v) is 4.41. The van der Waals surface area contributed by atoms with E-state index < -0.39 is 0 Å². The van der Waals surface area contributed by atoms with Crippen molar-refractivity contribution in [2.75, 3.05) is 6.54 Å². The Morgan fingerprint density at radius 1 is 1.64 bits per heavy atom. The van der Waals surface area contributed by atoms with Gasteiger partial charge < -0.3 is 5.73 Å². The van der Waals surface area contributed by atoms with E-state index in [1.165, 1.54) is 0 Å². The smallest absolute Gasteiger partial charge is 0.143 e. The van der Waals surface area contributed by atoms with Crippen LogP contribution in [0, 0.1) is 0 Å². The lowest BCUT2D eigenvalue weighted by atomic mass is 10.2. The number of nitrogens with zero attached hydrogens (tertiary/aromatic N) is 1. The predicted octanol–water partition coefficient (Wildman–Crippen LogP) is 2.00. The highest BCUT2D eigenvalue weighted by Gasteiger charge is 1.98. The summed E-state index contributed by atoms with van der Waals surface area (Å²) in [6, 6.07) is 1.93. The first kappa shape index (κ1) is 8.97. The third-order valence-electron chi connectivity index (χ3n) is 1.29. The summed E-state index contributed by atoms with van der Waals surface area (Å²) in [5.41, 5.74) is 6.47. The van der Waals surface area contributed by atoms with E-state index in [-0.39, 0.29) is 0 Å². The second-order valence-electron chi connectivity index (χ2n) is 2.15. The van der Waals surface area contributed by atoms with Crippen LogP contribution >= 0.6 is 27.5 Å². The van der Waals surface area contributed by atoms with Crippen molar-refractivity contribution in [1.82, 2.24) is 4.98 Å². The molecule has 0 unspecified atom stereocenters. The van der Waals surface area contributed by atoms with Crippen molar-refractivity contribution in [2.24, 2.45) is 5.73 Å². The van der Waals surface area contributed by atoms with Crippen LogP contribution in [0.5, 0.6) is 0 Å². The van der Waals surface area contributed by atoms with Gasteiger partial charge in [0, 0.05) is 6.20 Å². The lowest BCUT2D eigenvalue weighted by molar-refractivity contribution is 0.957. The summed E-state index contributed by atoms with van der Waals surface area (Å²) in [6.07, 6.45) is 2.57. The molecule has 60 valence electrons. The molecule has 1 rings (SSSR count). The van der Waals surface area contributed by atoms with Crippen molar-refractivity contribution in [1.29, 1.82) is 0 Å². The molecule has 0 saturated heterocycles. The molecule has 1 aromatic rings. The van der Waals surface area contributed by atoms with Crippen LogP contribution in [-0.2, 0) is 6.42 Å². The maximum absolute atomic E-state index is 5.69. The fourth-order valence-corrected chi connectivity index (χ4v) is 1.26. The number of pyridine rings is 1. The summed E-state index contributed by atoms with van der Waals surface area (Å²) in [5, 5.41) is 0.491. The van der Waals surface area contributed by atoms with Crippen LogP contribution in [0.4, 0.5) is 0 Å². The molecule has 1 aromatic heterocycles. The van der Waals surface area contributed by atoms with Crippen LogP contribution in [0.3, 0.4) is 0 Å². The first-order valence-electron chi connectivity index (χ1n) is 3.24. The minimum Gasteiger partial charge on any atom is -0.330 e. The average Bonchev–Trinajstić information content (AvgIpc) is 1.98. The summed E-state index contributed by atoms with van der Waals surface area (Å²) in [4.78, 5) is 3.96. The first-order chi connectivity index (χ1) is 5.24. The van der Waals surface area contributed by atoms with Crippen molar-refractivity contribution >= 4 is 27.5 Å². The average molecular weight is 236 g/mol. The van der Waals surface area contributed by atoms with Crippen LogP contribution in [-0.4, -0.2) is 11.5 Å². The van der Waals surface area contributed by atoms with Crippen molar-refractivity contribution in [3.05, 3.63) is 27.5 Å². The molecule has 2 nitrogen and oxygen atoms in total. The zero-order valence-electron chi connectivity index (χ0n) is 5.85. The molecule has 0 radical (unpaired) electrons. The molecule has 11 heavy (non-hydrogen) atoms. The van der Waals surface area contributed by atoms with Crippen LogP contribution < -0.4 is 5.73 Å².